The average molecular weight is 245 g/mol. The summed E-state index contributed by atoms with van der Waals surface area (Å²) in [6.07, 6.45) is 3.38. The Bertz CT molecular complexity index is 429. The summed E-state index contributed by atoms with van der Waals surface area (Å²) in [6, 6.07) is 0. The maximum Gasteiger partial charge on any atom is 0.168 e. The van der Waals surface area contributed by atoms with Crippen LogP contribution in [-0.2, 0) is 11.0 Å². The molecule has 2 heterocycles. The molecule has 0 aliphatic carbocycles. The van der Waals surface area contributed by atoms with Gasteiger partial charge >= 0.3 is 0 Å². The Kier molecular flexibility index (Phi) is 2.61. The molecular weight excluding hydrogens is 234 g/mol. The van der Waals surface area contributed by atoms with Gasteiger partial charge in [0.25, 0.3) is 0 Å². The Balaban J connectivity index is 2.32. The Morgan fingerprint density at radius 2 is 2.40 bits per heavy atom. The van der Waals surface area contributed by atoms with Gasteiger partial charge in [-0.05, 0) is 5.41 Å². The zero-order chi connectivity index (χ0) is 11.0. The number of nitrogens with one attached hydrogen (secondary N) is 1. The van der Waals surface area contributed by atoms with Crippen LogP contribution in [0.5, 0.6) is 0 Å². The molecule has 5 N–H and O–H groups in total. The largest absolute Gasteiger partial charge is 0.394 e. The van der Waals surface area contributed by atoms with Gasteiger partial charge in [0, 0.05) is 12.5 Å². The fraction of sp³-hybridized carbons (Fsp3) is 0.286. The van der Waals surface area contributed by atoms with Crippen LogP contribution in [0, 0.1) is 0 Å². The number of thioether (sulfide) groups is 1. The fourth-order valence-corrected chi connectivity index (χ4v) is 3.34. The molecule has 0 saturated carbocycles. The molecule has 0 aromatic carbocycles. The first-order valence-electron chi connectivity index (χ1n) is 4.14. The van der Waals surface area contributed by atoms with E-state index >= 15 is 0 Å². The van der Waals surface area contributed by atoms with Crippen LogP contribution in [0.3, 0.4) is 0 Å². The first-order valence-corrected chi connectivity index (χ1v) is 6.60. The smallest absolute Gasteiger partial charge is 0.168 e. The van der Waals surface area contributed by atoms with E-state index in [-0.39, 0.29) is 11.2 Å². The van der Waals surface area contributed by atoms with Gasteiger partial charge in [0.05, 0.1) is 5.69 Å². The molecule has 1 aliphatic heterocycles. The zero-order valence-corrected chi connectivity index (χ0v) is 9.64. The van der Waals surface area contributed by atoms with Crippen molar-refractivity contribution in [3.63, 3.8) is 0 Å². The molecule has 1 aromatic heterocycles. The minimum atomic E-state index is -1.09. The second-order valence-corrected chi connectivity index (χ2v) is 5.25. The lowest BCUT2D eigenvalue weighted by Crippen LogP contribution is -2.20. The highest BCUT2D eigenvalue weighted by molar-refractivity contribution is 8.03. The number of H-pyrrole nitrogens is 1. The van der Waals surface area contributed by atoms with Gasteiger partial charge < -0.3 is 11.5 Å². The number of hydrogen-bond donors (Lipinski definition) is 3. The summed E-state index contributed by atoms with van der Waals surface area (Å²) >= 11 is 1.50. The number of anilines is 2. The standard InChI is InChI=1S/C7H11N5OS2/c1-15(13)12-2-3-14-7(12)5-4(8)6(9)11-10-5/h2-3,7H,8H2,1H3,(H3,9,10,11). The monoisotopic (exact) mass is 245 g/mol. The quantitative estimate of drug-likeness (QED) is 0.699. The predicted octanol–water partition coefficient (Wildman–Crippen LogP) is 0.386. The number of nitrogen functional groups attached to an aromatic ring is 2. The van der Waals surface area contributed by atoms with E-state index in [0.717, 1.165) is 0 Å². The van der Waals surface area contributed by atoms with Crippen LogP contribution in [0.25, 0.3) is 0 Å². The molecule has 1 aromatic rings. The Morgan fingerprint density at radius 1 is 1.67 bits per heavy atom. The van der Waals surface area contributed by atoms with Gasteiger partial charge in [0.1, 0.15) is 22.0 Å². The van der Waals surface area contributed by atoms with Crippen LogP contribution in [0.15, 0.2) is 11.6 Å². The predicted molar refractivity (Wildman–Crippen MR) is 62.8 cm³/mol. The van der Waals surface area contributed by atoms with Crippen LogP contribution < -0.4 is 11.5 Å². The summed E-state index contributed by atoms with van der Waals surface area (Å²) in [7, 11) is -1.09. The second kappa shape index (κ2) is 3.78. The van der Waals surface area contributed by atoms with E-state index in [0.29, 0.717) is 11.4 Å². The van der Waals surface area contributed by atoms with Crippen molar-refractivity contribution in [1.29, 1.82) is 0 Å². The molecule has 15 heavy (non-hydrogen) atoms. The number of nitrogens with two attached hydrogens (primary N) is 2. The van der Waals surface area contributed by atoms with E-state index in [1.165, 1.54) is 11.8 Å². The van der Waals surface area contributed by atoms with Crippen molar-refractivity contribution >= 4 is 34.3 Å². The maximum absolute atomic E-state index is 11.4. The van der Waals surface area contributed by atoms with E-state index in [1.807, 2.05) is 5.41 Å². The highest BCUT2D eigenvalue weighted by atomic mass is 32.2. The van der Waals surface area contributed by atoms with Gasteiger partial charge in [-0.3, -0.25) is 9.40 Å². The highest BCUT2D eigenvalue weighted by Gasteiger charge is 2.28. The Morgan fingerprint density at radius 3 is 2.93 bits per heavy atom. The third-order valence-electron chi connectivity index (χ3n) is 2.05. The molecule has 2 unspecified atom stereocenters. The fourth-order valence-electron chi connectivity index (χ4n) is 1.29. The molecule has 0 bridgehead atoms. The Labute approximate surface area is 93.7 Å². The van der Waals surface area contributed by atoms with Crippen LogP contribution in [0.4, 0.5) is 11.5 Å². The first-order chi connectivity index (χ1) is 7.11. The van der Waals surface area contributed by atoms with Crippen LogP contribution in [0.1, 0.15) is 11.1 Å². The molecule has 82 valence electrons. The zero-order valence-electron chi connectivity index (χ0n) is 8.01. The average Bonchev–Trinajstić information content (AvgIpc) is 2.75. The van der Waals surface area contributed by atoms with Crippen molar-refractivity contribution in [2.45, 2.75) is 5.37 Å². The van der Waals surface area contributed by atoms with Gasteiger partial charge in [0.2, 0.25) is 0 Å². The van der Waals surface area contributed by atoms with Crippen molar-refractivity contribution in [3.05, 3.63) is 17.3 Å². The number of rotatable bonds is 2. The molecule has 8 heteroatoms. The molecule has 2 rings (SSSR count). The molecular formula is C7H11N5OS2. The van der Waals surface area contributed by atoms with Crippen molar-refractivity contribution < 1.29 is 4.21 Å². The summed E-state index contributed by atoms with van der Waals surface area (Å²) in [5.41, 5.74) is 12.4. The van der Waals surface area contributed by atoms with Gasteiger partial charge in [0.15, 0.2) is 5.82 Å². The Hall–Kier alpha value is -1.15. The minimum absolute atomic E-state index is 0.138. The lowest BCUT2D eigenvalue weighted by atomic mass is 10.3. The molecule has 1 aliphatic rings. The van der Waals surface area contributed by atoms with E-state index in [2.05, 4.69) is 10.2 Å². The van der Waals surface area contributed by atoms with E-state index in [4.69, 9.17) is 11.5 Å². The summed E-state index contributed by atoms with van der Waals surface area (Å²) < 4.78 is 13.1. The lowest BCUT2D eigenvalue weighted by Gasteiger charge is -2.20. The van der Waals surface area contributed by atoms with Crippen LogP contribution >= 0.6 is 11.8 Å². The third kappa shape index (κ3) is 1.70. The number of hydrogen-bond acceptors (Lipinski definition) is 5. The van der Waals surface area contributed by atoms with Crippen LogP contribution in [-0.4, -0.2) is 25.0 Å². The second-order valence-electron chi connectivity index (χ2n) is 2.99. The van der Waals surface area contributed by atoms with Gasteiger partial charge in [-0.1, -0.05) is 11.8 Å². The van der Waals surface area contributed by atoms with Crippen molar-refractivity contribution in [2.24, 2.45) is 0 Å². The van der Waals surface area contributed by atoms with Gasteiger partial charge in [-0.15, -0.1) is 0 Å². The van der Waals surface area contributed by atoms with Gasteiger partial charge in [-0.2, -0.15) is 5.10 Å². The summed E-state index contributed by atoms with van der Waals surface area (Å²) in [4.78, 5) is 0. The summed E-state index contributed by atoms with van der Waals surface area (Å²) in [5.74, 6) is 0.277. The van der Waals surface area contributed by atoms with Crippen molar-refractivity contribution in [3.8, 4) is 0 Å². The number of nitrogens with zero attached hydrogens (tertiary/aromatic N) is 2. The third-order valence-corrected chi connectivity index (χ3v) is 4.11. The number of aromatic nitrogens is 2. The minimum Gasteiger partial charge on any atom is -0.394 e. The van der Waals surface area contributed by atoms with E-state index < -0.39 is 11.0 Å². The summed E-state index contributed by atoms with van der Waals surface area (Å²) in [5, 5.41) is 8.30. The van der Waals surface area contributed by atoms with E-state index in [1.54, 1.807) is 16.8 Å². The topological polar surface area (TPSA) is 101 Å². The number of aromatic amines is 1. The van der Waals surface area contributed by atoms with Gasteiger partial charge in [-0.25, -0.2) is 4.21 Å². The van der Waals surface area contributed by atoms with Crippen molar-refractivity contribution in [2.75, 3.05) is 17.7 Å². The SMILES string of the molecule is CS(=O)N1C=CSC1c1[nH]nc(N)c1N. The van der Waals surface area contributed by atoms with Crippen molar-refractivity contribution in [1.82, 2.24) is 14.5 Å². The normalized spacial score (nSPS) is 22.2. The van der Waals surface area contributed by atoms with Crippen LogP contribution in [0.2, 0.25) is 0 Å². The molecule has 6 nitrogen and oxygen atoms in total. The first kappa shape index (κ1) is 10.4. The maximum atomic E-state index is 11.4. The molecule has 0 fully saturated rings. The highest BCUT2D eigenvalue weighted by Crippen LogP contribution is 2.41. The molecule has 2 atom stereocenters. The molecule has 0 spiro atoms. The molecule has 0 saturated heterocycles. The lowest BCUT2D eigenvalue weighted by molar-refractivity contribution is 0.554. The molecule has 0 amide bonds. The molecule has 0 radical (unpaired) electrons. The summed E-state index contributed by atoms with van der Waals surface area (Å²) in [6.45, 7) is 0. The van der Waals surface area contributed by atoms with E-state index in [9.17, 15) is 4.21 Å².